The van der Waals surface area contributed by atoms with E-state index in [2.05, 4.69) is 217 Å². The summed E-state index contributed by atoms with van der Waals surface area (Å²) in [5.41, 5.74) is 12.2. The number of anilines is 3. The molecule has 0 saturated heterocycles. The third kappa shape index (κ3) is 5.55. The van der Waals surface area contributed by atoms with E-state index in [-0.39, 0.29) is 0 Å². The molecule has 0 radical (unpaired) electrons. The van der Waals surface area contributed by atoms with Gasteiger partial charge in [-0.3, -0.25) is 0 Å². The first-order valence-electron chi connectivity index (χ1n) is 20.1. The molecule has 0 aliphatic heterocycles. The van der Waals surface area contributed by atoms with E-state index in [4.69, 9.17) is 4.42 Å². The molecule has 0 saturated carbocycles. The lowest BCUT2D eigenvalue weighted by molar-refractivity contribution is 0.669. The van der Waals surface area contributed by atoms with Crippen LogP contribution in [0.3, 0.4) is 0 Å². The Morgan fingerprint density at radius 2 is 0.983 bits per heavy atom. The minimum Gasteiger partial charge on any atom is -0.456 e. The molecular formula is C56H35NOS. The molecule has 0 aliphatic rings. The highest BCUT2D eigenvalue weighted by molar-refractivity contribution is 7.26. The molecule has 276 valence electrons. The molecule has 10 aromatic carbocycles. The number of fused-ring (bicyclic) bond motifs is 9. The number of furan rings is 1. The molecule has 0 unspecified atom stereocenters. The lowest BCUT2D eigenvalue weighted by Crippen LogP contribution is -2.11. The number of hydrogen-bond acceptors (Lipinski definition) is 3. The predicted molar refractivity (Wildman–Crippen MR) is 253 cm³/mol. The van der Waals surface area contributed by atoms with Crippen molar-refractivity contribution in [1.29, 1.82) is 0 Å². The van der Waals surface area contributed by atoms with Gasteiger partial charge in [-0.2, -0.15) is 0 Å². The van der Waals surface area contributed by atoms with E-state index < -0.39 is 0 Å². The molecular weight excluding hydrogens is 735 g/mol. The lowest BCUT2D eigenvalue weighted by atomic mass is 9.97. The van der Waals surface area contributed by atoms with E-state index in [0.29, 0.717) is 0 Å². The minimum atomic E-state index is 0.860. The van der Waals surface area contributed by atoms with Gasteiger partial charge in [0.25, 0.3) is 0 Å². The average molecular weight is 770 g/mol. The maximum absolute atomic E-state index is 6.76. The summed E-state index contributed by atoms with van der Waals surface area (Å²) in [4.78, 5) is 2.48. The van der Waals surface area contributed by atoms with Gasteiger partial charge in [-0.15, -0.1) is 11.3 Å². The van der Waals surface area contributed by atoms with Crippen LogP contribution in [-0.4, -0.2) is 0 Å². The van der Waals surface area contributed by atoms with Gasteiger partial charge in [-0.1, -0.05) is 164 Å². The molecule has 12 aromatic rings. The molecule has 0 spiro atoms. The Morgan fingerprint density at radius 3 is 1.75 bits per heavy atom. The number of nitrogens with zero attached hydrogens (tertiary/aromatic N) is 1. The number of hydrogen-bond donors (Lipinski definition) is 0. The quantitative estimate of drug-likeness (QED) is 0.157. The molecule has 0 aliphatic carbocycles. The van der Waals surface area contributed by atoms with E-state index in [1.807, 2.05) is 11.3 Å². The molecule has 0 bridgehead atoms. The zero-order valence-electron chi connectivity index (χ0n) is 32.0. The molecule has 0 N–H and O–H groups in total. The molecule has 12 rings (SSSR count). The Kier molecular flexibility index (Phi) is 7.75. The molecule has 2 nitrogen and oxygen atoms in total. The third-order valence-corrected chi connectivity index (χ3v) is 13.0. The fourth-order valence-electron chi connectivity index (χ4n) is 9.04. The Balaban J connectivity index is 1.17. The molecule has 0 atom stereocenters. The summed E-state index contributed by atoms with van der Waals surface area (Å²) >= 11 is 1.88. The van der Waals surface area contributed by atoms with Crippen LogP contribution in [0.2, 0.25) is 0 Å². The van der Waals surface area contributed by atoms with Gasteiger partial charge in [0.15, 0.2) is 0 Å². The molecule has 2 aromatic heterocycles. The smallest absolute Gasteiger partial charge is 0.137 e. The molecule has 3 heteroatoms. The van der Waals surface area contributed by atoms with Gasteiger partial charge in [-0.05, 0) is 103 Å². The number of rotatable bonds is 6. The van der Waals surface area contributed by atoms with Crippen molar-refractivity contribution in [2.24, 2.45) is 0 Å². The van der Waals surface area contributed by atoms with Crippen molar-refractivity contribution in [3.05, 3.63) is 212 Å². The Morgan fingerprint density at radius 1 is 0.356 bits per heavy atom. The summed E-state index contributed by atoms with van der Waals surface area (Å²) in [6, 6.07) is 76.9. The highest BCUT2D eigenvalue weighted by Crippen LogP contribution is 2.51. The summed E-state index contributed by atoms with van der Waals surface area (Å²) in [5, 5.41) is 9.57. The van der Waals surface area contributed by atoms with Crippen LogP contribution in [0.15, 0.2) is 217 Å². The maximum atomic E-state index is 6.76. The van der Waals surface area contributed by atoms with Crippen LogP contribution < -0.4 is 4.90 Å². The van der Waals surface area contributed by atoms with E-state index in [9.17, 15) is 0 Å². The summed E-state index contributed by atoms with van der Waals surface area (Å²) in [7, 11) is 0. The van der Waals surface area contributed by atoms with Crippen molar-refractivity contribution < 1.29 is 4.42 Å². The standard InChI is InChI=1S/C56H35NOS/c1-4-13-36(14-5-1)41-26-29-46-52(33-41)58-51-22-12-21-49(54(46)51)57(43-28-25-40-24-23-39-19-10-11-20-44(39)48(40)35-43)50-32-31-45(38-17-8-3-9-18-38)56-55(50)47-30-27-42(34-53(47)59-56)37-15-6-2-7-16-37/h1-35H. The second kappa shape index (κ2) is 13.6. The molecule has 59 heavy (non-hydrogen) atoms. The van der Waals surface area contributed by atoms with Crippen LogP contribution in [0.4, 0.5) is 17.1 Å². The van der Waals surface area contributed by atoms with E-state index in [1.165, 1.54) is 69.5 Å². The molecule has 2 heterocycles. The second-order valence-electron chi connectivity index (χ2n) is 15.2. The highest BCUT2D eigenvalue weighted by atomic mass is 32.1. The monoisotopic (exact) mass is 769 g/mol. The van der Waals surface area contributed by atoms with E-state index in [0.717, 1.165) is 44.6 Å². The first kappa shape index (κ1) is 33.7. The minimum absolute atomic E-state index is 0.860. The number of benzene rings is 10. The van der Waals surface area contributed by atoms with Crippen LogP contribution in [0.25, 0.3) is 97.0 Å². The van der Waals surface area contributed by atoms with Crippen molar-refractivity contribution in [3.8, 4) is 33.4 Å². The van der Waals surface area contributed by atoms with Crippen molar-refractivity contribution in [2.75, 3.05) is 4.90 Å². The van der Waals surface area contributed by atoms with Gasteiger partial charge in [0, 0.05) is 31.2 Å². The number of thiophene rings is 1. The predicted octanol–water partition coefficient (Wildman–Crippen LogP) is 16.7. The Labute approximate surface area is 345 Å². The lowest BCUT2D eigenvalue weighted by Gasteiger charge is -2.28. The van der Waals surface area contributed by atoms with Crippen molar-refractivity contribution in [1.82, 2.24) is 0 Å². The summed E-state index contributed by atoms with van der Waals surface area (Å²) < 4.78 is 9.28. The van der Waals surface area contributed by atoms with E-state index >= 15 is 0 Å². The second-order valence-corrected chi connectivity index (χ2v) is 16.3. The van der Waals surface area contributed by atoms with Crippen molar-refractivity contribution >= 4 is 92.1 Å². The van der Waals surface area contributed by atoms with E-state index in [1.54, 1.807) is 0 Å². The highest BCUT2D eigenvalue weighted by Gasteiger charge is 2.25. The van der Waals surface area contributed by atoms with Gasteiger partial charge >= 0.3 is 0 Å². The average Bonchev–Trinajstić information content (AvgIpc) is 3.89. The van der Waals surface area contributed by atoms with Crippen molar-refractivity contribution in [3.63, 3.8) is 0 Å². The van der Waals surface area contributed by atoms with Crippen LogP contribution >= 0.6 is 11.3 Å². The Bertz CT molecular complexity index is 3550. The van der Waals surface area contributed by atoms with Crippen LogP contribution in [-0.2, 0) is 0 Å². The van der Waals surface area contributed by atoms with Gasteiger partial charge in [-0.25, -0.2) is 0 Å². The Hall–Kier alpha value is -7.46. The zero-order valence-corrected chi connectivity index (χ0v) is 32.8. The SMILES string of the molecule is c1ccc(-c2ccc3c(c2)oc2cccc(N(c4ccc5ccc6ccccc6c5c4)c4ccc(-c5ccccc5)c5sc6cc(-c7ccccc7)ccc6c45)c23)cc1. The fourth-order valence-corrected chi connectivity index (χ4v) is 10.3. The van der Waals surface area contributed by atoms with Crippen LogP contribution in [0.5, 0.6) is 0 Å². The maximum Gasteiger partial charge on any atom is 0.137 e. The first-order chi connectivity index (χ1) is 29.2. The normalized spacial score (nSPS) is 11.7. The summed E-state index contributed by atoms with van der Waals surface area (Å²) in [5.74, 6) is 0. The molecule has 0 amide bonds. The molecule has 0 fully saturated rings. The first-order valence-corrected chi connectivity index (χ1v) is 20.9. The van der Waals surface area contributed by atoms with Crippen molar-refractivity contribution in [2.45, 2.75) is 0 Å². The zero-order chi connectivity index (χ0) is 38.9. The van der Waals surface area contributed by atoms with Crippen LogP contribution in [0.1, 0.15) is 0 Å². The largest absolute Gasteiger partial charge is 0.456 e. The summed E-state index contributed by atoms with van der Waals surface area (Å²) in [6.45, 7) is 0. The topological polar surface area (TPSA) is 16.4 Å². The fraction of sp³-hybridized carbons (Fsp3) is 0. The van der Waals surface area contributed by atoms with Gasteiger partial charge in [0.1, 0.15) is 11.2 Å². The van der Waals surface area contributed by atoms with Gasteiger partial charge < -0.3 is 9.32 Å². The van der Waals surface area contributed by atoms with Gasteiger partial charge in [0.2, 0.25) is 0 Å². The van der Waals surface area contributed by atoms with Crippen LogP contribution in [0, 0.1) is 0 Å². The third-order valence-electron chi connectivity index (χ3n) is 11.8. The van der Waals surface area contributed by atoms with Gasteiger partial charge in [0.05, 0.1) is 16.8 Å². The summed E-state index contributed by atoms with van der Waals surface area (Å²) in [6.07, 6.45) is 0.